The van der Waals surface area contributed by atoms with Crippen LogP contribution in [0.3, 0.4) is 0 Å². The highest BCUT2D eigenvalue weighted by molar-refractivity contribution is 5.73. The predicted octanol–water partition coefficient (Wildman–Crippen LogP) is 1.10. The normalized spacial score (nSPS) is 17.8. The molecule has 4 nitrogen and oxygen atoms in total. The molecular formula is C12H16N2O2. The van der Waals surface area contributed by atoms with Gasteiger partial charge in [-0.25, -0.2) is 0 Å². The zero-order chi connectivity index (χ0) is 11.7. The molecule has 1 unspecified atom stereocenters. The third-order valence-electron chi connectivity index (χ3n) is 3.18. The molecule has 0 aromatic heterocycles. The molecule has 4 heteroatoms. The molecule has 0 bridgehead atoms. The van der Waals surface area contributed by atoms with Crippen LogP contribution < -0.4 is 5.73 Å². The Labute approximate surface area is 94.7 Å². The van der Waals surface area contributed by atoms with Crippen molar-refractivity contribution >= 4 is 11.7 Å². The first-order valence-corrected chi connectivity index (χ1v) is 5.42. The second kappa shape index (κ2) is 4.14. The van der Waals surface area contributed by atoms with Crippen molar-refractivity contribution in [2.45, 2.75) is 25.9 Å². The van der Waals surface area contributed by atoms with Crippen molar-refractivity contribution in [3.63, 3.8) is 0 Å². The minimum atomic E-state index is -0.771. The lowest BCUT2D eigenvalue weighted by Gasteiger charge is -2.31. The van der Waals surface area contributed by atoms with E-state index in [4.69, 9.17) is 10.8 Å². The number of carbonyl (C=O) groups is 1. The quantitative estimate of drug-likeness (QED) is 0.732. The summed E-state index contributed by atoms with van der Waals surface area (Å²) in [6, 6.07) is 5.44. The molecule has 1 aliphatic rings. The molecule has 0 radical (unpaired) electrons. The number of rotatable bonds is 2. The average molecular weight is 220 g/mol. The summed E-state index contributed by atoms with van der Waals surface area (Å²) in [5, 5.41) is 8.97. The van der Waals surface area contributed by atoms with Gasteiger partial charge in [-0.1, -0.05) is 6.07 Å². The van der Waals surface area contributed by atoms with E-state index in [-0.39, 0.29) is 0 Å². The van der Waals surface area contributed by atoms with E-state index in [0.29, 0.717) is 6.54 Å². The molecule has 0 spiro atoms. The highest BCUT2D eigenvalue weighted by atomic mass is 16.4. The summed E-state index contributed by atoms with van der Waals surface area (Å²) in [7, 11) is 0. The van der Waals surface area contributed by atoms with Crippen molar-refractivity contribution in [1.29, 1.82) is 0 Å². The first kappa shape index (κ1) is 11.0. The number of hydrogen-bond acceptors (Lipinski definition) is 3. The number of nitrogens with zero attached hydrogens (tertiary/aromatic N) is 1. The molecule has 0 saturated heterocycles. The fourth-order valence-corrected chi connectivity index (χ4v) is 2.09. The first-order chi connectivity index (χ1) is 7.58. The third-order valence-corrected chi connectivity index (χ3v) is 3.18. The molecule has 0 saturated carbocycles. The summed E-state index contributed by atoms with van der Waals surface area (Å²) in [6.07, 6.45) is 0.896. The number of hydrogen-bond donors (Lipinski definition) is 2. The maximum Gasteiger partial charge on any atom is 0.320 e. The topological polar surface area (TPSA) is 66.6 Å². The molecule has 0 fully saturated rings. The minimum Gasteiger partial charge on any atom is -0.480 e. The zero-order valence-electron chi connectivity index (χ0n) is 9.31. The number of benzene rings is 1. The summed E-state index contributed by atoms with van der Waals surface area (Å²) >= 11 is 0. The summed E-state index contributed by atoms with van der Waals surface area (Å²) < 4.78 is 0. The molecule has 0 aliphatic carbocycles. The molecule has 2 rings (SSSR count). The van der Waals surface area contributed by atoms with Gasteiger partial charge < -0.3 is 10.8 Å². The van der Waals surface area contributed by atoms with Crippen molar-refractivity contribution in [3.8, 4) is 0 Å². The van der Waals surface area contributed by atoms with Crippen LogP contribution in [0.5, 0.6) is 0 Å². The van der Waals surface area contributed by atoms with Gasteiger partial charge in [-0.15, -0.1) is 0 Å². The van der Waals surface area contributed by atoms with Gasteiger partial charge in [0.1, 0.15) is 6.04 Å². The van der Waals surface area contributed by atoms with E-state index < -0.39 is 12.0 Å². The Morgan fingerprint density at radius 2 is 2.25 bits per heavy atom. The molecule has 1 aliphatic heterocycles. The van der Waals surface area contributed by atoms with Gasteiger partial charge >= 0.3 is 5.97 Å². The Hall–Kier alpha value is -1.55. The highest BCUT2D eigenvalue weighted by Crippen LogP contribution is 2.22. The highest BCUT2D eigenvalue weighted by Gasteiger charge is 2.24. The maximum absolute atomic E-state index is 10.9. The van der Waals surface area contributed by atoms with Crippen molar-refractivity contribution < 1.29 is 9.90 Å². The summed E-state index contributed by atoms with van der Waals surface area (Å²) in [4.78, 5) is 12.9. The SMILES string of the molecule is CC(C(=O)O)N1CCc2ccc(N)cc2C1. The molecule has 1 heterocycles. The van der Waals surface area contributed by atoms with E-state index in [0.717, 1.165) is 24.2 Å². The average Bonchev–Trinajstić information content (AvgIpc) is 2.26. The predicted molar refractivity (Wildman–Crippen MR) is 62.1 cm³/mol. The summed E-state index contributed by atoms with van der Waals surface area (Å²) in [5.41, 5.74) is 8.90. The van der Waals surface area contributed by atoms with E-state index in [2.05, 4.69) is 0 Å². The van der Waals surface area contributed by atoms with Gasteiger partial charge in [0.2, 0.25) is 0 Å². The number of nitrogens with two attached hydrogens (primary N) is 1. The Morgan fingerprint density at radius 1 is 1.50 bits per heavy atom. The second-order valence-electron chi connectivity index (χ2n) is 4.26. The van der Waals surface area contributed by atoms with E-state index in [9.17, 15) is 4.79 Å². The van der Waals surface area contributed by atoms with Crippen LogP contribution in [0, 0.1) is 0 Å². The largest absolute Gasteiger partial charge is 0.480 e. The lowest BCUT2D eigenvalue weighted by molar-refractivity contribution is -0.143. The zero-order valence-corrected chi connectivity index (χ0v) is 9.31. The lowest BCUT2D eigenvalue weighted by Crippen LogP contribution is -2.42. The molecule has 16 heavy (non-hydrogen) atoms. The van der Waals surface area contributed by atoms with E-state index >= 15 is 0 Å². The van der Waals surface area contributed by atoms with Crippen LogP contribution in [-0.4, -0.2) is 28.6 Å². The van der Waals surface area contributed by atoms with Gasteiger partial charge in [0.05, 0.1) is 0 Å². The number of nitrogen functional groups attached to an aromatic ring is 1. The lowest BCUT2D eigenvalue weighted by atomic mass is 9.98. The summed E-state index contributed by atoms with van der Waals surface area (Å²) in [6.45, 7) is 3.19. The number of carboxylic acids is 1. The van der Waals surface area contributed by atoms with Crippen LogP contribution in [0.25, 0.3) is 0 Å². The van der Waals surface area contributed by atoms with Gasteiger partial charge in [0, 0.05) is 18.8 Å². The van der Waals surface area contributed by atoms with Gasteiger partial charge in [0.15, 0.2) is 0 Å². The Kier molecular flexibility index (Phi) is 2.83. The fourth-order valence-electron chi connectivity index (χ4n) is 2.09. The van der Waals surface area contributed by atoms with Gasteiger partial charge in [-0.3, -0.25) is 9.69 Å². The van der Waals surface area contributed by atoms with E-state index in [1.165, 1.54) is 5.56 Å². The Balaban J connectivity index is 2.19. The van der Waals surface area contributed by atoms with E-state index in [1.807, 2.05) is 23.1 Å². The van der Waals surface area contributed by atoms with Gasteiger partial charge in [-0.05, 0) is 36.6 Å². The fraction of sp³-hybridized carbons (Fsp3) is 0.417. The van der Waals surface area contributed by atoms with Gasteiger partial charge in [-0.2, -0.15) is 0 Å². The summed E-state index contributed by atoms with van der Waals surface area (Å²) in [5.74, 6) is -0.771. The third kappa shape index (κ3) is 2.02. The van der Waals surface area contributed by atoms with Crippen molar-refractivity contribution in [2.24, 2.45) is 0 Å². The number of fused-ring (bicyclic) bond motifs is 1. The first-order valence-electron chi connectivity index (χ1n) is 5.42. The Bertz CT molecular complexity index is 417. The smallest absolute Gasteiger partial charge is 0.320 e. The second-order valence-corrected chi connectivity index (χ2v) is 4.26. The molecule has 1 atom stereocenters. The number of aliphatic carboxylic acids is 1. The molecule has 0 amide bonds. The van der Waals surface area contributed by atoms with Crippen LogP contribution in [-0.2, 0) is 17.8 Å². The number of carboxylic acid groups (broad SMARTS) is 1. The van der Waals surface area contributed by atoms with Crippen LogP contribution in [0.1, 0.15) is 18.1 Å². The van der Waals surface area contributed by atoms with Crippen LogP contribution in [0.4, 0.5) is 5.69 Å². The molecular weight excluding hydrogens is 204 g/mol. The maximum atomic E-state index is 10.9. The molecule has 1 aromatic carbocycles. The standard InChI is InChI=1S/C12H16N2O2/c1-8(12(15)16)14-5-4-9-2-3-11(13)6-10(9)7-14/h2-3,6,8H,4-5,7,13H2,1H3,(H,15,16). The van der Waals surface area contributed by atoms with Crippen molar-refractivity contribution in [2.75, 3.05) is 12.3 Å². The van der Waals surface area contributed by atoms with Crippen LogP contribution in [0.2, 0.25) is 0 Å². The van der Waals surface area contributed by atoms with Crippen LogP contribution >= 0.6 is 0 Å². The van der Waals surface area contributed by atoms with Gasteiger partial charge in [0.25, 0.3) is 0 Å². The van der Waals surface area contributed by atoms with Crippen LogP contribution in [0.15, 0.2) is 18.2 Å². The Morgan fingerprint density at radius 3 is 2.94 bits per heavy atom. The molecule has 3 N–H and O–H groups in total. The van der Waals surface area contributed by atoms with E-state index in [1.54, 1.807) is 6.92 Å². The monoisotopic (exact) mass is 220 g/mol. The van der Waals surface area contributed by atoms with Crippen molar-refractivity contribution in [1.82, 2.24) is 4.90 Å². The van der Waals surface area contributed by atoms with Crippen molar-refractivity contribution in [3.05, 3.63) is 29.3 Å². The minimum absolute atomic E-state index is 0.436. The molecule has 1 aromatic rings. The number of anilines is 1. The molecule has 86 valence electrons.